The molecule has 0 aliphatic heterocycles. The van der Waals surface area contributed by atoms with Crippen LogP contribution >= 0.6 is 0 Å². The van der Waals surface area contributed by atoms with Gasteiger partial charge in [0.15, 0.2) is 0 Å². The van der Waals surface area contributed by atoms with Gasteiger partial charge in [-0.05, 0) is 51.8 Å². The number of aliphatic hydroxyl groups is 1. The van der Waals surface area contributed by atoms with Gasteiger partial charge in [-0.3, -0.25) is 5.32 Å². The van der Waals surface area contributed by atoms with Gasteiger partial charge in [-0.1, -0.05) is 17.9 Å². The maximum absolute atomic E-state index is 11.8. The quantitative estimate of drug-likeness (QED) is 0.661. The van der Waals surface area contributed by atoms with E-state index >= 15 is 0 Å². The van der Waals surface area contributed by atoms with Gasteiger partial charge in [0.2, 0.25) is 0 Å². The molecule has 0 saturated carbocycles. The number of aryl methyl sites for hydroxylation is 1. The van der Waals surface area contributed by atoms with Crippen molar-refractivity contribution in [2.75, 3.05) is 11.9 Å². The Hall–Kier alpha value is -1.99. The molecule has 114 valence electrons. The fourth-order valence-electron chi connectivity index (χ4n) is 1.58. The zero-order valence-electron chi connectivity index (χ0n) is 13.1. The first-order valence-corrected chi connectivity index (χ1v) is 7.02. The smallest absolute Gasteiger partial charge is 0.412 e. The molecule has 4 heteroatoms. The van der Waals surface area contributed by atoms with Crippen molar-refractivity contribution in [2.45, 2.75) is 46.1 Å². The first kappa shape index (κ1) is 17.1. The lowest BCUT2D eigenvalue weighted by atomic mass is 10.1. The number of aliphatic hydroxyl groups excluding tert-OH is 1. The second kappa shape index (κ2) is 7.70. The first-order valence-electron chi connectivity index (χ1n) is 7.02. The summed E-state index contributed by atoms with van der Waals surface area (Å²) in [4.78, 5) is 11.8. The number of nitrogens with one attached hydrogen (secondary N) is 1. The Kier molecular flexibility index (Phi) is 6.26. The van der Waals surface area contributed by atoms with Crippen molar-refractivity contribution in [1.82, 2.24) is 0 Å². The first-order chi connectivity index (χ1) is 9.81. The minimum absolute atomic E-state index is 0.147. The van der Waals surface area contributed by atoms with Gasteiger partial charge in [-0.15, -0.1) is 0 Å². The van der Waals surface area contributed by atoms with Crippen LogP contribution in [0.25, 0.3) is 0 Å². The van der Waals surface area contributed by atoms with E-state index < -0.39 is 11.7 Å². The number of hydrogen-bond donors (Lipinski definition) is 2. The zero-order valence-corrected chi connectivity index (χ0v) is 13.1. The van der Waals surface area contributed by atoms with Crippen LogP contribution in [0, 0.1) is 18.8 Å². The van der Waals surface area contributed by atoms with Gasteiger partial charge in [-0.25, -0.2) is 4.79 Å². The Morgan fingerprint density at radius 2 is 2.10 bits per heavy atom. The van der Waals surface area contributed by atoms with E-state index in [-0.39, 0.29) is 6.61 Å². The lowest BCUT2D eigenvalue weighted by molar-refractivity contribution is 0.0636. The molecule has 4 nitrogen and oxygen atoms in total. The monoisotopic (exact) mass is 289 g/mol. The third-order valence-electron chi connectivity index (χ3n) is 2.57. The molecule has 0 aliphatic rings. The number of amides is 1. The fraction of sp³-hybridized carbons (Fsp3) is 0.471. The molecule has 0 spiro atoms. The fourth-order valence-corrected chi connectivity index (χ4v) is 1.58. The number of ether oxygens (including phenoxy) is 1. The normalized spacial score (nSPS) is 10.5. The highest BCUT2D eigenvalue weighted by molar-refractivity contribution is 5.86. The van der Waals surface area contributed by atoms with Crippen molar-refractivity contribution in [2.24, 2.45) is 0 Å². The summed E-state index contributed by atoms with van der Waals surface area (Å²) in [5, 5.41) is 11.4. The molecular formula is C17H23NO3. The zero-order chi connectivity index (χ0) is 15.9. The van der Waals surface area contributed by atoms with Crippen molar-refractivity contribution in [1.29, 1.82) is 0 Å². The van der Waals surface area contributed by atoms with Gasteiger partial charge in [0.1, 0.15) is 5.60 Å². The SMILES string of the molecule is Cc1ccc(C#CCCCO)cc1NC(=O)OC(C)(C)C. The van der Waals surface area contributed by atoms with Crippen LogP contribution in [-0.2, 0) is 4.74 Å². The second-order valence-electron chi connectivity index (χ2n) is 5.79. The Bertz CT molecular complexity index is 547. The Balaban J connectivity index is 2.77. The van der Waals surface area contributed by atoms with Crippen LogP contribution < -0.4 is 5.32 Å². The summed E-state index contributed by atoms with van der Waals surface area (Å²) in [7, 11) is 0. The molecule has 0 aliphatic carbocycles. The van der Waals surface area contributed by atoms with E-state index in [1.165, 1.54) is 0 Å². The van der Waals surface area contributed by atoms with Crippen molar-refractivity contribution in [3.63, 3.8) is 0 Å². The van der Waals surface area contributed by atoms with E-state index in [9.17, 15) is 4.79 Å². The van der Waals surface area contributed by atoms with Crippen LogP contribution in [0.3, 0.4) is 0 Å². The number of rotatable bonds is 3. The van der Waals surface area contributed by atoms with Gasteiger partial charge in [0, 0.05) is 24.3 Å². The molecule has 0 fully saturated rings. The minimum Gasteiger partial charge on any atom is -0.444 e. The lowest BCUT2D eigenvalue weighted by Crippen LogP contribution is -2.27. The molecule has 0 unspecified atom stereocenters. The van der Waals surface area contributed by atoms with Crippen molar-refractivity contribution < 1.29 is 14.6 Å². The molecule has 0 aromatic heterocycles. The molecule has 0 saturated heterocycles. The van der Waals surface area contributed by atoms with Crippen LogP contribution in [0.5, 0.6) is 0 Å². The largest absolute Gasteiger partial charge is 0.444 e. The van der Waals surface area contributed by atoms with Crippen LogP contribution in [0.1, 0.15) is 44.7 Å². The summed E-state index contributed by atoms with van der Waals surface area (Å²) in [6, 6.07) is 5.63. The maximum atomic E-state index is 11.8. The van der Waals surface area contributed by atoms with Crippen molar-refractivity contribution >= 4 is 11.8 Å². The summed E-state index contributed by atoms with van der Waals surface area (Å²) >= 11 is 0. The summed E-state index contributed by atoms with van der Waals surface area (Å²) < 4.78 is 5.24. The number of anilines is 1. The Morgan fingerprint density at radius 3 is 2.71 bits per heavy atom. The molecule has 2 N–H and O–H groups in total. The van der Waals surface area contributed by atoms with Gasteiger partial charge < -0.3 is 9.84 Å². The molecule has 21 heavy (non-hydrogen) atoms. The van der Waals surface area contributed by atoms with Crippen LogP contribution in [-0.4, -0.2) is 23.4 Å². The molecule has 0 atom stereocenters. The topological polar surface area (TPSA) is 58.6 Å². The van der Waals surface area contributed by atoms with E-state index in [0.717, 1.165) is 11.1 Å². The summed E-state index contributed by atoms with van der Waals surface area (Å²) in [6.45, 7) is 7.52. The van der Waals surface area contributed by atoms with Gasteiger partial charge in [0.25, 0.3) is 0 Å². The molecule has 1 aromatic rings. The minimum atomic E-state index is -0.528. The highest BCUT2D eigenvalue weighted by Gasteiger charge is 2.16. The predicted octanol–water partition coefficient (Wildman–Crippen LogP) is 3.47. The molecule has 0 heterocycles. The summed E-state index contributed by atoms with van der Waals surface area (Å²) in [5.74, 6) is 6.00. The third kappa shape index (κ3) is 6.82. The standard InChI is InChI=1S/C17H23NO3/c1-13-9-10-14(8-6-5-7-11-19)12-15(13)18-16(20)21-17(2,3)4/h9-10,12,19H,5,7,11H2,1-4H3,(H,18,20). The number of hydrogen-bond acceptors (Lipinski definition) is 3. The molecule has 1 aromatic carbocycles. The van der Waals surface area contributed by atoms with Crippen LogP contribution in [0.4, 0.5) is 10.5 Å². The number of unbranched alkanes of at least 4 members (excludes halogenated alkanes) is 1. The number of benzene rings is 1. The third-order valence-corrected chi connectivity index (χ3v) is 2.57. The van der Waals surface area contributed by atoms with E-state index in [4.69, 9.17) is 9.84 Å². The average Bonchev–Trinajstić information content (AvgIpc) is 2.36. The van der Waals surface area contributed by atoms with E-state index in [1.54, 1.807) is 0 Å². The van der Waals surface area contributed by atoms with Gasteiger partial charge in [-0.2, -0.15) is 0 Å². The Morgan fingerprint density at radius 1 is 1.38 bits per heavy atom. The van der Waals surface area contributed by atoms with Crippen molar-refractivity contribution in [3.05, 3.63) is 29.3 Å². The highest BCUT2D eigenvalue weighted by Crippen LogP contribution is 2.18. The van der Waals surface area contributed by atoms with Gasteiger partial charge >= 0.3 is 6.09 Å². The average molecular weight is 289 g/mol. The number of carbonyl (C=O) groups excluding carboxylic acids is 1. The van der Waals surface area contributed by atoms with E-state index in [0.29, 0.717) is 18.5 Å². The lowest BCUT2D eigenvalue weighted by Gasteiger charge is -2.20. The van der Waals surface area contributed by atoms with E-state index in [1.807, 2.05) is 45.9 Å². The summed E-state index contributed by atoms with van der Waals surface area (Å²) in [6.07, 6.45) is 0.845. The number of carbonyl (C=O) groups is 1. The summed E-state index contributed by atoms with van der Waals surface area (Å²) in [5.41, 5.74) is 1.93. The molecule has 0 bridgehead atoms. The van der Waals surface area contributed by atoms with E-state index in [2.05, 4.69) is 17.2 Å². The van der Waals surface area contributed by atoms with Crippen LogP contribution in [0.15, 0.2) is 18.2 Å². The van der Waals surface area contributed by atoms with Crippen LogP contribution in [0.2, 0.25) is 0 Å². The molecule has 1 amide bonds. The molecule has 0 radical (unpaired) electrons. The molecule has 1 rings (SSSR count). The molecular weight excluding hydrogens is 266 g/mol. The highest BCUT2D eigenvalue weighted by atomic mass is 16.6. The predicted molar refractivity (Wildman–Crippen MR) is 84.2 cm³/mol. The van der Waals surface area contributed by atoms with Gasteiger partial charge in [0.05, 0.1) is 0 Å². The Labute approximate surface area is 126 Å². The van der Waals surface area contributed by atoms with Crippen molar-refractivity contribution in [3.8, 4) is 11.8 Å². The second-order valence-corrected chi connectivity index (χ2v) is 5.79. The maximum Gasteiger partial charge on any atom is 0.412 e.